The van der Waals surface area contributed by atoms with Gasteiger partial charge in [-0.15, -0.1) is 0 Å². The molecule has 0 unspecified atom stereocenters. The average molecular weight is 1250 g/mol. The summed E-state index contributed by atoms with van der Waals surface area (Å²) in [6, 6.07) is 0. The van der Waals surface area contributed by atoms with E-state index in [1.807, 2.05) is 6.92 Å². The third-order valence-electron chi connectivity index (χ3n) is 23.1. The van der Waals surface area contributed by atoms with Gasteiger partial charge in [-0.3, -0.25) is 9.59 Å². The van der Waals surface area contributed by atoms with E-state index in [1.54, 1.807) is 0 Å². The number of carboxylic acids is 1. The van der Waals surface area contributed by atoms with E-state index in [0.29, 0.717) is 51.4 Å². The van der Waals surface area contributed by atoms with Crippen LogP contribution in [-0.2, 0) is 57.0 Å². The van der Waals surface area contributed by atoms with Gasteiger partial charge in [0.15, 0.2) is 31.3 Å². The van der Waals surface area contributed by atoms with Crippen LogP contribution in [-0.4, -0.2) is 273 Å². The molecule has 4 saturated carbocycles. The number of allylic oxidation sites excluding steroid dienone is 2. The molecule has 0 spiro atoms. The van der Waals surface area contributed by atoms with E-state index in [0.717, 1.165) is 5.57 Å². The minimum absolute atomic E-state index is 0.0436. The molecule has 87 heavy (non-hydrogen) atoms. The molecule has 5 saturated heterocycles. The summed E-state index contributed by atoms with van der Waals surface area (Å²) in [4.78, 5) is 29.5. The van der Waals surface area contributed by atoms with Crippen molar-refractivity contribution in [3.8, 4) is 0 Å². The van der Waals surface area contributed by atoms with E-state index in [-0.39, 0.29) is 17.8 Å². The fourth-order valence-electron chi connectivity index (χ4n) is 17.6. The third kappa shape index (κ3) is 11.2. The van der Waals surface area contributed by atoms with Gasteiger partial charge in [-0.05, 0) is 118 Å². The number of aliphatic hydroxyl groups excluding tert-OH is 15. The van der Waals surface area contributed by atoms with Crippen LogP contribution in [0.3, 0.4) is 0 Å². The first-order chi connectivity index (χ1) is 40.6. The van der Waals surface area contributed by atoms with Gasteiger partial charge in [-0.25, -0.2) is 0 Å². The highest BCUT2D eigenvalue weighted by Crippen LogP contribution is 2.76. The normalized spacial score (nSPS) is 55.1. The Bertz CT molecular complexity index is 2490. The van der Waals surface area contributed by atoms with Crippen molar-refractivity contribution >= 4 is 11.9 Å². The topological polar surface area (TPSA) is 450 Å². The van der Waals surface area contributed by atoms with Gasteiger partial charge in [0.1, 0.15) is 104 Å². The zero-order valence-electron chi connectivity index (χ0n) is 50.4. The van der Waals surface area contributed by atoms with Crippen molar-refractivity contribution in [2.75, 3.05) is 19.8 Å². The largest absolute Gasteiger partial charge is 0.481 e. The first-order valence-corrected chi connectivity index (χ1v) is 30.7. The standard InChI is InChI=1S/C59H94O28/c1-22-32(63)39(70)45(85-50-43(74)44(33(64)23(2)80-50)84-48-40(71)34(65)27(62)20-78-48)51(81-22)87-53(77)59-15-13-54(3,4)17-25(59)24-9-10-30-55(5)18-26(61)46(58(8,52(75)76)31(55)11-12-57(30,7)56(24,6)14-16-59)86-49-42(73)38(69)36(67)29(83-49)21-79-47-41(72)37(68)35(66)28(19-60)82-47/h9,22-23,25-51,60-74H,10-21H2,1-8H3,(H,75,76)/t22-,23+,25+,26+,27+,28-,29-,30-,31-,32+,33+,34+,35-,36-,37+,38+,39+,40-,41-,42-,43-,44-,45-,46+,47-,48+,49+,50+,51+,55-,56-,57-,58+,59+/m1/s1. The fourth-order valence-corrected chi connectivity index (χ4v) is 17.6. The van der Waals surface area contributed by atoms with E-state index < -0.39 is 230 Å². The number of hydrogen-bond donors (Lipinski definition) is 16. The number of esters is 1. The van der Waals surface area contributed by atoms with Crippen molar-refractivity contribution in [3.63, 3.8) is 0 Å². The van der Waals surface area contributed by atoms with E-state index in [4.69, 9.17) is 47.4 Å². The molecule has 0 amide bonds. The Hall–Kier alpha value is -2.28. The quantitative estimate of drug-likeness (QED) is 0.0484. The number of carbonyl (C=O) groups excluding carboxylic acids is 1. The van der Waals surface area contributed by atoms with Gasteiger partial charge >= 0.3 is 11.9 Å². The van der Waals surface area contributed by atoms with Crippen molar-refractivity contribution in [3.05, 3.63) is 11.6 Å². The summed E-state index contributed by atoms with van der Waals surface area (Å²) in [7, 11) is 0. The Morgan fingerprint density at radius 3 is 1.82 bits per heavy atom. The molecule has 10 rings (SSSR count). The van der Waals surface area contributed by atoms with Crippen LogP contribution < -0.4 is 0 Å². The second-order valence-corrected chi connectivity index (χ2v) is 28.6. The highest BCUT2D eigenvalue weighted by Gasteiger charge is 2.73. The number of ether oxygens (including phenoxy) is 10. The molecular weight excluding hydrogens is 1160 g/mol. The van der Waals surface area contributed by atoms with Gasteiger partial charge in [0.25, 0.3) is 0 Å². The van der Waals surface area contributed by atoms with Gasteiger partial charge in [0.05, 0.1) is 49.0 Å². The van der Waals surface area contributed by atoms with Crippen molar-refractivity contribution in [2.24, 2.45) is 50.2 Å². The lowest BCUT2D eigenvalue weighted by Crippen LogP contribution is -2.70. The molecule has 34 atom stereocenters. The molecule has 16 N–H and O–H groups in total. The first kappa shape index (κ1) is 67.6. The number of hydrogen-bond acceptors (Lipinski definition) is 27. The van der Waals surface area contributed by atoms with Gasteiger partial charge in [-0.2, -0.15) is 0 Å². The zero-order valence-corrected chi connectivity index (χ0v) is 50.4. The smallest absolute Gasteiger partial charge is 0.315 e. The van der Waals surface area contributed by atoms with Crippen LogP contribution >= 0.6 is 0 Å². The number of fused-ring (bicyclic) bond motifs is 7. The molecule has 0 bridgehead atoms. The number of aliphatic hydroxyl groups is 15. The predicted molar refractivity (Wildman–Crippen MR) is 290 cm³/mol. The SMILES string of the molecule is C[C@@H]1O[C@@H](O[C@H]2[C@H](OC(=O)[C@]34CCC(C)(C)C[C@H]3C3=CC[C@@H]5[C@@]6(C)C[C@H](O)[C@H](O[C@@H]7O[C@H](CO[C@@H]8O[C@H](CO)[C@@H](O)[C@H](O)[C@H]8O)[C@@H](O)[C@H](O)[C@H]7O)[C@@](C)(C(=O)O)[C@@H]6CC[C@@]5(C)[C@]3(C)CC4)O[C@H](C)[C@H](O)[C@@H]2O)[C@H](O)[C@H](O[C@@H]2OC[C@H](O)[C@H](O)[C@H]2O)[C@H]1O. The van der Waals surface area contributed by atoms with Crippen LogP contribution in [0.2, 0.25) is 0 Å². The molecule has 28 heteroatoms. The number of aliphatic carboxylic acids is 1. The van der Waals surface area contributed by atoms with E-state index >= 15 is 4.79 Å². The Morgan fingerprint density at radius 1 is 0.563 bits per heavy atom. The lowest BCUT2D eigenvalue weighted by atomic mass is 9.33. The van der Waals surface area contributed by atoms with Crippen molar-refractivity contribution in [2.45, 2.75) is 273 Å². The average Bonchev–Trinajstić information content (AvgIpc) is 0.686. The number of carbonyl (C=O) groups is 2. The fraction of sp³-hybridized carbons (Fsp3) is 0.932. The Morgan fingerprint density at radius 2 is 1.15 bits per heavy atom. The predicted octanol–water partition coefficient (Wildman–Crippen LogP) is -3.48. The molecule has 10 aliphatic rings. The Labute approximate surface area is 503 Å². The summed E-state index contributed by atoms with van der Waals surface area (Å²) >= 11 is 0. The molecule has 5 aliphatic heterocycles. The lowest BCUT2D eigenvalue weighted by Gasteiger charge is -2.71. The highest BCUT2D eigenvalue weighted by molar-refractivity contribution is 5.79. The van der Waals surface area contributed by atoms with E-state index in [1.165, 1.54) is 20.8 Å². The van der Waals surface area contributed by atoms with Crippen LogP contribution in [0, 0.1) is 50.2 Å². The molecule has 5 aliphatic carbocycles. The monoisotopic (exact) mass is 1250 g/mol. The summed E-state index contributed by atoms with van der Waals surface area (Å²) in [5.74, 6) is -3.22. The highest BCUT2D eigenvalue weighted by atomic mass is 16.8. The van der Waals surface area contributed by atoms with Crippen LogP contribution in [0.15, 0.2) is 11.6 Å². The van der Waals surface area contributed by atoms with Crippen molar-refractivity contribution in [1.82, 2.24) is 0 Å². The van der Waals surface area contributed by atoms with Gasteiger partial charge < -0.3 is 129 Å². The molecule has 0 aromatic rings. The Kier molecular flexibility index (Phi) is 19.1. The van der Waals surface area contributed by atoms with Crippen LogP contribution in [0.5, 0.6) is 0 Å². The number of rotatable bonds is 13. The summed E-state index contributed by atoms with van der Waals surface area (Å²) in [5.41, 5.74) is -4.23. The Balaban J connectivity index is 0.882. The van der Waals surface area contributed by atoms with Crippen molar-refractivity contribution in [1.29, 1.82) is 0 Å². The molecule has 498 valence electrons. The molecule has 0 aromatic heterocycles. The van der Waals surface area contributed by atoms with E-state index in [2.05, 4.69) is 33.8 Å². The van der Waals surface area contributed by atoms with E-state index in [9.17, 15) is 86.5 Å². The maximum atomic E-state index is 15.5. The molecule has 5 heterocycles. The first-order valence-electron chi connectivity index (χ1n) is 30.7. The van der Waals surface area contributed by atoms with Gasteiger partial charge in [-0.1, -0.05) is 46.3 Å². The minimum Gasteiger partial charge on any atom is -0.481 e. The third-order valence-corrected chi connectivity index (χ3v) is 23.1. The van der Waals surface area contributed by atoms with Crippen LogP contribution in [0.25, 0.3) is 0 Å². The lowest BCUT2D eigenvalue weighted by molar-refractivity contribution is -0.374. The molecule has 0 radical (unpaired) electrons. The summed E-state index contributed by atoms with van der Waals surface area (Å²) < 4.78 is 59.1. The van der Waals surface area contributed by atoms with Gasteiger partial charge in [0, 0.05) is 0 Å². The minimum atomic E-state index is -1.96. The number of carboxylic acid groups (broad SMARTS) is 1. The van der Waals surface area contributed by atoms with Gasteiger partial charge in [0.2, 0.25) is 6.29 Å². The maximum absolute atomic E-state index is 15.5. The summed E-state index contributed by atoms with van der Waals surface area (Å²) in [5, 5.41) is 174. The molecular formula is C59H94O28. The molecule has 9 fully saturated rings. The van der Waals surface area contributed by atoms with Crippen molar-refractivity contribution < 1.29 is 139 Å². The van der Waals surface area contributed by atoms with Crippen LogP contribution in [0.4, 0.5) is 0 Å². The maximum Gasteiger partial charge on any atom is 0.315 e. The summed E-state index contributed by atoms with van der Waals surface area (Å²) in [6.45, 7) is 13.3. The molecule has 28 nitrogen and oxygen atoms in total. The second-order valence-electron chi connectivity index (χ2n) is 28.6. The summed E-state index contributed by atoms with van der Waals surface area (Å²) in [6.07, 6.45) is -36.6. The zero-order chi connectivity index (χ0) is 63.7. The molecule has 0 aromatic carbocycles. The van der Waals surface area contributed by atoms with Crippen LogP contribution in [0.1, 0.15) is 113 Å². The second kappa shape index (κ2) is 24.6.